The summed E-state index contributed by atoms with van der Waals surface area (Å²) in [6.07, 6.45) is 4.09. The summed E-state index contributed by atoms with van der Waals surface area (Å²) in [5.74, 6) is 0.998. The lowest BCUT2D eigenvalue weighted by Crippen LogP contribution is -2.35. The second-order valence-corrected chi connectivity index (χ2v) is 6.79. The van der Waals surface area contributed by atoms with Gasteiger partial charge in [0.15, 0.2) is 0 Å². The summed E-state index contributed by atoms with van der Waals surface area (Å²) in [6.45, 7) is 6.01. The van der Waals surface area contributed by atoms with Crippen LogP contribution in [0.1, 0.15) is 24.8 Å². The molecule has 2 aliphatic rings. The van der Waals surface area contributed by atoms with Gasteiger partial charge in [0.05, 0.1) is 7.11 Å². The highest BCUT2D eigenvalue weighted by Gasteiger charge is 2.29. The highest BCUT2D eigenvalue weighted by Crippen LogP contribution is 2.27. The van der Waals surface area contributed by atoms with E-state index < -0.39 is 0 Å². The van der Waals surface area contributed by atoms with Crippen LogP contribution in [0.5, 0.6) is 5.75 Å². The standard InChI is InChI=1S/C16H23BrN2O/c1-20-16-5-4-14(17)10-13(16)11-18-9-6-15(12-18)19-7-2-3-8-19/h4-5,10,15H,2-3,6-9,11-12H2,1H3. The number of hydrogen-bond acceptors (Lipinski definition) is 3. The van der Waals surface area contributed by atoms with Crippen molar-refractivity contribution in [2.45, 2.75) is 31.8 Å². The zero-order valence-corrected chi connectivity index (χ0v) is 13.7. The van der Waals surface area contributed by atoms with Crippen LogP contribution in [0, 0.1) is 0 Å². The molecule has 1 unspecified atom stereocenters. The van der Waals surface area contributed by atoms with Crippen molar-refractivity contribution in [2.75, 3.05) is 33.3 Å². The normalized spacial score (nSPS) is 24.4. The molecule has 1 atom stereocenters. The van der Waals surface area contributed by atoms with Crippen molar-refractivity contribution >= 4 is 15.9 Å². The lowest BCUT2D eigenvalue weighted by molar-refractivity contribution is 0.229. The summed E-state index contributed by atoms with van der Waals surface area (Å²) in [6, 6.07) is 7.05. The first-order valence-corrected chi connectivity index (χ1v) is 8.34. The lowest BCUT2D eigenvalue weighted by atomic mass is 10.2. The van der Waals surface area contributed by atoms with Gasteiger partial charge >= 0.3 is 0 Å². The molecule has 110 valence electrons. The molecule has 2 saturated heterocycles. The minimum absolute atomic E-state index is 0.774. The fraction of sp³-hybridized carbons (Fsp3) is 0.625. The zero-order chi connectivity index (χ0) is 13.9. The number of halogens is 1. The van der Waals surface area contributed by atoms with Crippen molar-refractivity contribution in [3.63, 3.8) is 0 Å². The Kier molecular flexibility index (Phi) is 4.64. The van der Waals surface area contributed by atoms with E-state index in [1.54, 1.807) is 7.11 Å². The third-order valence-corrected chi connectivity index (χ3v) is 5.03. The molecule has 1 aromatic carbocycles. The highest BCUT2D eigenvalue weighted by molar-refractivity contribution is 9.10. The lowest BCUT2D eigenvalue weighted by Gasteiger charge is -2.24. The molecule has 20 heavy (non-hydrogen) atoms. The Bertz CT molecular complexity index is 460. The van der Waals surface area contributed by atoms with Crippen molar-refractivity contribution in [3.8, 4) is 5.75 Å². The molecule has 0 aromatic heterocycles. The van der Waals surface area contributed by atoms with Gasteiger partial charge < -0.3 is 4.74 Å². The van der Waals surface area contributed by atoms with Crippen LogP contribution in [0.25, 0.3) is 0 Å². The van der Waals surface area contributed by atoms with E-state index in [-0.39, 0.29) is 0 Å². The van der Waals surface area contributed by atoms with Gasteiger partial charge in [0.1, 0.15) is 5.75 Å². The molecule has 2 heterocycles. The minimum Gasteiger partial charge on any atom is -0.496 e. The van der Waals surface area contributed by atoms with Crippen LogP contribution in [-0.4, -0.2) is 49.1 Å². The maximum atomic E-state index is 5.48. The van der Waals surface area contributed by atoms with Gasteiger partial charge in [-0.2, -0.15) is 0 Å². The van der Waals surface area contributed by atoms with Crippen molar-refractivity contribution in [1.82, 2.24) is 9.80 Å². The van der Waals surface area contributed by atoms with Gasteiger partial charge in [0, 0.05) is 35.7 Å². The fourth-order valence-corrected chi connectivity index (χ4v) is 3.88. The van der Waals surface area contributed by atoms with Gasteiger partial charge in [-0.3, -0.25) is 9.80 Å². The largest absolute Gasteiger partial charge is 0.496 e. The average molecular weight is 339 g/mol. The van der Waals surface area contributed by atoms with E-state index in [1.165, 1.54) is 51.0 Å². The molecule has 1 aromatic rings. The van der Waals surface area contributed by atoms with Gasteiger partial charge in [-0.05, 0) is 50.6 Å². The fourth-order valence-electron chi connectivity index (χ4n) is 3.47. The van der Waals surface area contributed by atoms with E-state index in [0.717, 1.165) is 22.8 Å². The molecule has 0 aliphatic carbocycles. The van der Waals surface area contributed by atoms with E-state index >= 15 is 0 Å². The molecule has 3 rings (SSSR count). The average Bonchev–Trinajstić information content (AvgIpc) is 3.09. The van der Waals surface area contributed by atoms with E-state index in [1.807, 2.05) is 12.1 Å². The Morgan fingerprint density at radius 3 is 2.80 bits per heavy atom. The molecule has 2 fully saturated rings. The number of benzene rings is 1. The van der Waals surface area contributed by atoms with Crippen molar-refractivity contribution in [3.05, 3.63) is 28.2 Å². The molecule has 0 saturated carbocycles. The summed E-state index contributed by atoms with van der Waals surface area (Å²) < 4.78 is 6.61. The minimum atomic E-state index is 0.774. The second kappa shape index (κ2) is 6.46. The first-order chi connectivity index (χ1) is 9.76. The summed E-state index contributed by atoms with van der Waals surface area (Å²) in [5.41, 5.74) is 1.28. The van der Waals surface area contributed by atoms with Gasteiger partial charge in [-0.25, -0.2) is 0 Å². The maximum absolute atomic E-state index is 5.48. The van der Waals surface area contributed by atoms with Crippen LogP contribution in [-0.2, 0) is 6.54 Å². The van der Waals surface area contributed by atoms with Gasteiger partial charge in [-0.15, -0.1) is 0 Å². The van der Waals surface area contributed by atoms with Crippen LogP contribution in [0.15, 0.2) is 22.7 Å². The predicted octanol–water partition coefficient (Wildman–Crippen LogP) is 3.13. The van der Waals surface area contributed by atoms with Crippen LogP contribution >= 0.6 is 15.9 Å². The number of rotatable bonds is 4. The summed E-state index contributed by atoms with van der Waals surface area (Å²) in [7, 11) is 1.75. The van der Waals surface area contributed by atoms with E-state index in [4.69, 9.17) is 4.74 Å². The maximum Gasteiger partial charge on any atom is 0.123 e. The van der Waals surface area contributed by atoms with Crippen LogP contribution in [0.2, 0.25) is 0 Å². The molecule has 0 radical (unpaired) electrons. The Morgan fingerprint density at radius 1 is 1.25 bits per heavy atom. The molecule has 0 N–H and O–H groups in total. The first-order valence-electron chi connectivity index (χ1n) is 7.55. The molecule has 4 heteroatoms. The summed E-state index contributed by atoms with van der Waals surface area (Å²) in [5, 5.41) is 0. The quantitative estimate of drug-likeness (QED) is 0.838. The Morgan fingerprint density at radius 2 is 2.05 bits per heavy atom. The third kappa shape index (κ3) is 3.18. The third-order valence-electron chi connectivity index (χ3n) is 4.54. The predicted molar refractivity (Wildman–Crippen MR) is 85.2 cm³/mol. The van der Waals surface area contributed by atoms with Gasteiger partial charge in [0.25, 0.3) is 0 Å². The molecule has 0 amide bonds. The zero-order valence-electron chi connectivity index (χ0n) is 12.1. The molecule has 2 aliphatic heterocycles. The SMILES string of the molecule is COc1ccc(Br)cc1CN1CCC(N2CCCC2)C1. The van der Waals surface area contributed by atoms with Crippen LogP contribution in [0.3, 0.4) is 0 Å². The highest BCUT2D eigenvalue weighted by atomic mass is 79.9. The molecular weight excluding hydrogens is 316 g/mol. The Hall–Kier alpha value is -0.580. The summed E-state index contributed by atoms with van der Waals surface area (Å²) >= 11 is 3.56. The topological polar surface area (TPSA) is 15.7 Å². The molecule has 0 bridgehead atoms. The number of ether oxygens (including phenoxy) is 1. The smallest absolute Gasteiger partial charge is 0.123 e. The monoisotopic (exact) mass is 338 g/mol. The van der Waals surface area contributed by atoms with Gasteiger partial charge in [-0.1, -0.05) is 15.9 Å². The Labute approximate surface area is 130 Å². The number of likely N-dealkylation sites (tertiary alicyclic amines) is 2. The van der Waals surface area contributed by atoms with Crippen molar-refractivity contribution < 1.29 is 4.74 Å². The second-order valence-electron chi connectivity index (χ2n) is 5.88. The van der Waals surface area contributed by atoms with Crippen LogP contribution < -0.4 is 4.74 Å². The van der Waals surface area contributed by atoms with Gasteiger partial charge in [0.2, 0.25) is 0 Å². The molecular formula is C16H23BrN2O. The molecule has 3 nitrogen and oxygen atoms in total. The summed E-state index contributed by atoms with van der Waals surface area (Å²) in [4.78, 5) is 5.24. The first kappa shape index (κ1) is 14.4. The molecule has 0 spiro atoms. The van der Waals surface area contributed by atoms with Crippen LogP contribution in [0.4, 0.5) is 0 Å². The Balaban J connectivity index is 1.62. The van der Waals surface area contributed by atoms with Crippen molar-refractivity contribution in [1.29, 1.82) is 0 Å². The number of methoxy groups -OCH3 is 1. The van der Waals surface area contributed by atoms with E-state index in [0.29, 0.717) is 0 Å². The van der Waals surface area contributed by atoms with E-state index in [9.17, 15) is 0 Å². The van der Waals surface area contributed by atoms with E-state index in [2.05, 4.69) is 31.8 Å². The van der Waals surface area contributed by atoms with Crippen molar-refractivity contribution in [2.24, 2.45) is 0 Å². The number of hydrogen-bond donors (Lipinski definition) is 0. The number of nitrogens with zero attached hydrogens (tertiary/aromatic N) is 2.